The van der Waals surface area contributed by atoms with E-state index in [1.54, 1.807) is 12.1 Å². The van der Waals surface area contributed by atoms with Crippen molar-refractivity contribution < 1.29 is 14.6 Å². The molecule has 2 aromatic rings. The summed E-state index contributed by atoms with van der Waals surface area (Å²) in [6.45, 7) is 2.43. The summed E-state index contributed by atoms with van der Waals surface area (Å²) in [5.74, 6) is -0.364. The number of anilines is 3. The minimum absolute atomic E-state index is 0.122. The first kappa shape index (κ1) is 13.7. The van der Waals surface area contributed by atoms with Gasteiger partial charge in [-0.05, 0) is 37.3 Å². The molecule has 20 heavy (non-hydrogen) atoms. The number of rotatable bonds is 5. The average Bonchev–Trinajstić information content (AvgIpc) is 2.43. The normalized spacial score (nSPS) is 10.1. The minimum atomic E-state index is -1.03. The maximum atomic E-state index is 11.2. The Labute approximate surface area is 117 Å². The van der Waals surface area contributed by atoms with Crippen LogP contribution in [0.3, 0.4) is 0 Å². The van der Waals surface area contributed by atoms with Crippen LogP contribution in [0.15, 0.2) is 42.5 Å². The highest BCUT2D eigenvalue weighted by atomic mass is 16.5. The molecule has 2 aromatic carbocycles. The molecule has 0 saturated heterocycles. The molecule has 0 unspecified atom stereocenters. The SMILES string of the molecule is CCOc1ccccc1Nc1ccc(N)cc1C(=O)O. The van der Waals surface area contributed by atoms with Crippen molar-refractivity contribution in [2.24, 2.45) is 0 Å². The maximum Gasteiger partial charge on any atom is 0.337 e. The largest absolute Gasteiger partial charge is 0.492 e. The Bertz CT molecular complexity index is 626. The lowest BCUT2D eigenvalue weighted by Crippen LogP contribution is -2.05. The number of carboxylic acids is 1. The van der Waals surface area contributed by atoms with E-state index in [4.69, 9.17) is 10.5 Å². The molecule has 0 spiro atoms. The van der Waals surface area contributed by atoms with Crippen molar-refractivity contribution in [3.63, 3.8) is 0 Å². The van der Waals surface area contributed by atoms with E-state index in [0.717, 1.165) is 0 Å². The van der Waals surface area contributed by atoms with E-state index in [9.17, 15) is 9.90 Å². The van der Waals surface area contributed by atoms with Crippen LogP contribution < -0.4 is 15.8 Å². The van der Waals surface area contributed by atoms with Gasteiger partial charge in [-0.3, -0.25) is 0 Å². The zero-order valence-electron chi connectivity index (χ0n) is 11.1. The summed E-state index contributed by atoms with van der Waals surface area (Å²) in [5.41, 5.74) is 7.33. The molecule has 0 saturated carbocycles. The number of nitrogens with two attached hydrogens (primary N) is 1. The molecule has 0 aliphatic heterocycles. The van der Waals surface area contributed by atoms with E-state index in [1.807, 2.05) is 31.2 Å². The lowest BCUT2D eigenvalue weighted by atomic mass is 10.1. The lowest BCUT2D eigenvalue weighted by Gasteiger charge is -2.14. The Hall–Kier alpha value is -2.69. The second-order valence-corrected chi connectivity index (χ2v) is 4.16. The van der Waals surface area contributed by atoms with Crippen LogP contribution in [0.25, 0.3) is 0 Å². The van der Waals surface area contributed by atoms with Gasteiger partial charge in [0.2, 0.25) is 0 Å². The topological polar surface area (TPSA) is 84.6 Å². The number of nitrogens with one attached hydrogen (secondary N) is 1. The Kier molecular flexibility index (Phi) is 4.10. The van der Waals surface area contributed by atoms with Gasteiger partial charge in [0.15, 0.2) is 0 Å². The molecule has 5 nitrogen and oxygen atoms in total. The van der Waals surface area contributed by atoms with Crippen LogP contribution >= 0.6 is 0 Å². The molecule has 0 atom stereocenters. The fourth-order valence-corrected chi connectivity index (χ4v) is 1.84. The molecule has 0 aliphatic rings. The van der Waals surface area contributed by atoms with E-state index < -0.39 is 5.97 Å². The van der Waals surface area contributed by atoms with Crippen LogP contribution in [-0.2, 0) is 0 Å². The van der Waals surface area contributed by atoms with Crippen molar-refractivity contribution in [1.29, 1.82) is 0 Å². The number of carboxylic acid groups (broad SMARTS) is 1. The van der Waals surface area contributed by atoms with Gasteiger partial charge in [0.25, 0.3) is 0 Å². The average molecular weight is 272 g/mol. The van der Waals surface area contributed by atoms with Crippen molar-refractivity contribution in [3.05, 3.63) is 48.0 Å². The summed E-state index contributed by atoms with van der Waals surface area (Å²) < 4.78 is 5.50. The highest BCUT2D eigenvalue weighted by molar-refractivity contribution is 5.96. The first-order chi connectivity index (χ1) is 9.61. The molecule has 104 valence electrons. The molecule has 0 radical (unpaired) electrons. The van der Waals surface area contributed by atoms with Crippen molar-refractivity contribution >= 4 is 23.0 Å². The number of hydrogen-bond donors (Lipinski definition) is 3. The predicted octanol–water partition coefficient (Wildman–Crippen LogP) is 3.11. The monoisotopic (exact) mass is 272 g/mol. The van der Waals surface area contributed by atoms with Crippen molar-refractivity contribution in [2.75, 3.05) is 17.7 Å². The quantitative estimate of drug-likeness (QED) is 0.728. The number of carbonyl (C=O) groups is 1. The van der Waals surface area contributed by atoms with Crippen LogP contribution in [0, 0.1) is 0 Å². The van der Waals surface area contributed by atoms with Gasteiger partial charge in [0.1, 0.15) is 5.75 Å². The van der Waals surface area contributed by atoms with Crippen LogP contribution in [0.4, 0.5) is 17.1 Å². The molecular formula is C15H16N2O3. The molecule has 0 amide bonds. The van der Waals surface area contributed by atoms with Crippen molar-refractivity contribution in [1.82, 2.24) is 0 Å². The summed E-state index contributed by atoms with van der Waals surface area (Å²) in [6.07, 6.45) is 0. The third kappa shape index (κ3) is 3.00. The van der Waals surface area contributed by atoms with Crippen LogP contribution in [0.1, 0.15) is 17.3 Å². The second-order valence-electron chi connectivity index (χ2n) is 4.16. The summed E-state index contributed by atoms with van der Waals surface area (Å²) in [7, 11) is 0. The molecule has 4 N–H and O–H groups in total. The number of benzene rings is 2. The Morgan fingerprint density at radius 3 is 2.70 bits per heavy atom. The van der Waals surface area contributed by atoms with Crippen molar-refractivity contribution in [3.8, 4) is 5.75 Å². The molecule has 0 bridgehead atoms. The van der Waals surface area contributed by atoms with Crippen LogP contribution in [0.2, 0.25) is 0 Å². The van der Waals surface area contributed by atoms with Crippen molar-refractivity contribution in [2.45, 2.75) is 6.92 Å². The van der Waals surface area contributed by atoms with E-state index in [2.05, 4.69) is 5.32 Å². The predicted molar refractivity (Wildman–Crippen MR) is 78.7 cm³/mol. The van der Waals surface area contributed by atoms with Gasteiger partial charge in [0, 0.05) is 5.69 Å². The Morgan fingerprint density at radius 2 is 2.00 bits per heavy atom. The summed E-state index contributed by atoms with van der Waals surface area (Å²) >= 11 is 0. The fourth-order valence-electron chi connectivity index (χ4n) is 1.84. The number of nitrogen functional groups attached to an aromatic ring is 1. The van der Waals surface area contributed by atoms with Gasteiger partial charge >= 0.3 is 5.97 Å². The molecule has 0 aromatic heterocycles. The Morgan fingerprint density at radius 1 is 1.25 bits per heavy atom. The van der Waals surface area contributed by atoms with Gasteiger partial charge in [-0.2, -0.15) is 0 Å². The summed E-state index contributed by atoms with van der Waals surface area (Å²) in [5, 5.41) is 12.3. The van der Waals surface area contributed by atoms with Gasteiger partial charge in [0.05, 0.1) is 23.5 Å². The van der Waals surface area contributed by atoms with Gasteiger partial charge in [-0.15, -0.1) is 0 Å². The first-order valence-corrected chi connectivity index (χ1v) is 6.23. The zero-order valence-corrected chi connectivity index (χ0v) is 11.1. The van der Waals surface area contributed by atoms with E-state index in [1.165, 1.54) is 6.07 Å². The Balaban J connectivity index is 2.37. The molecule has 2 rings (SSSR count). The lowest BCUT2D eigenvalue weighted by molar-refractivity contribution is 0.0698. The van der Waals surface area contributed by atoms with E-state index >= 15 is 0 Å². The summed E-state index contributed by atoms with van der Waals surface area (Å²) in [6, 6.07) is 12.1. The third-order valence-corrected chi connectivity index (χ3v) is 2.73. The van der Waals surface area contributed by atoms with Gasteiger partial charge < -0.3 is 20.9 Å². The number of para-hydroxylation sites is 2. The van der Waals surface area contributed by atoms with Gasteiger partial charge in [-0.1, -0.05) is 12.1 Å². The smallest absolute Gasteiger partial charge is 0.337 e. The second kappa shape index (κ2) is 5.97. The molecular weight excluding hydrogens is 256 g/mol. The zero-order chi connectivity index (χ0) is 14.5. The molecule has 5 heteroatoms. The molecule has 0 heterocycles. The maximum absolute atomic E-state index is 11.2. The van der Waals surface area contributed by atoms with Crippen LogP contribution in [-0.4, -0.2) is 17.7 Å². The molecule has 0 fully saturated rings. The summed E-state index contributed by atoms with van der Waals surface area (Å²) in [4.78, 5) is 11.2. The van der Waals surface area contributed by atoms with Gasteiger partial charge in [-0.25, -0.2) is 4.79 Å². The first-order valence-electron chi connectivity index (χ1n) is 6.23. The molecule has 0 aliphatic carbocycles. The van der Waals surface area contributed by atoms with E-state index in [-0.39, 0.29) is 5.56 Å². The van der Waals surface area contributed by atoms with E-state index in [0.29, 0.717) is 29.4 Å². The number of aromatic carboxylic acids is 1. The highest BCUT2D eigenvalue weighted by Crippen LogP contribution is 2.29. The minimum Gasteiger partial charge on any atom is -0.492 e. The number of ether oxygens (including phenoxy) is 1. The fraction of sp³-hybridized carbons (Fsp3) is 0.133. The highest BCUT2D eigenvalue weighted by Gasteiger charge is 2.12. The number of hydrogen-bond acceptors (Lipinski definition) is 4. The standard InChI is InChI=1S/C15H16N2O3/c1-2-20-14-6-4-3-5-13(14)17-12-8-7-10(16)9-11(12)15(18)19/h3-9,17H,2,16H2,1H3,(H,18,19). The third-order valence-electron chi connectivity index (χ3n) is 2.73. The van der Waals surface area contributed by atoms with Crippen LogP contribution in [0.5, 0.6) is 5.75 Å².